The molecule has 10 heteroatoms. The summed E-state index contributed by atoms with van der Waals surface area (Å²) in [6.45, 7) is 5.26. The lowest BCUT2D eigenvalue weighted by atomic mass is 9.78. The van der Waals surface area contributed by atoms with Gasteiger partial charge >= 0.3 is 0 Å². The van der Waals surface area contributed by atoms with Gasteiger partial charge in [0.1, 0.15) is 5.54 Å². The highest BCUT2D eigenvalue weighted by molar-refractivity contribution is 5.95. The molecule has 3 heterocycles. The minimum absolute atomic E-state index is 0.0157. The fourth-order valence-electron chi connectivity index (χ4n) is 8.16. The number of nitrogens with zero attached hydrogens (tertiary/aromatic N) is 2. The lowest BCUT2D eigenvalue weighted by Gasteiger charge is -2.44. The van der Waals surface area contributed by atoms with Crippen molar-refractivity contribution in [2.45, 2.75) is 50.4 Å². The second kappa shape index (κ2) is 15.3. The van der Waals surface area contributed by atoms with Crippen LogP contribution in [0.25, 0.3) is 11.1 Å². The van der Waals surface area contributed by atoms with Crippen molar-refractivity contribution in [1.82, 2.24) is 10.2 Å². The number of hydrogen-bond donors (Lipinski definition) is 2. The first kappa shape index (κ1) is 34.2. The zero-order valence-corrected chi connectivity index (χ0v) is 28.7. The molecule has 0 radical (unpaired) electrons. The number of anilines is 1. The van der Waals surface area contributed by atoms with E-state index in [1.807, 2.05) is 48.2 Å². The van der Waals surface area contributed by atoms with E-state index in [0.717, 1.165) is 12.1 Å². The van der Waals surface area contributed by atoms with Gasteiger partial charge in [-0.3, -0.25) is 9.59 Å². The molecule has 2 N–H and O–H groups in total. The number of ether oxygens (including phenoxy) is 4. The smallest absolute Gasteiger partial charge is 0.288 e. The molecule has 3 aliphatic heterocycles. The number of fused-ring (bicyclic) bond motifs is 3. The molecule has 2 saturated heterocycles. The number of carbonyl (C=O) groups is 2. The van der Waals surface area contributed by atoms with Crippen LogP contribution in [-0.2, 0) is 35.0 Å². The fraction of sp³-hybridized carbons (Fsp3) is 0.450. The zero-order valence-electron chi connectivity index (χ0n) is 28.7. The standard InChI is InChI=1S/C40H47N3O7/c1-2-49-38-33(15-21-47-23-24-48-22-20-44)35(32-14-8-13-31-30-12-7-6-9-28(30)25-34(31)32)26-36(50-38)37(45)42-18-16-40(17-19-42)39(46)41-27-43(40)29-10-4-3-5-11-29/h3-14,26,33,35,38,44H,2,15-25,27H2,1H3,(H,41,46)/t33-,35+,38+/m0/s1. The van der Waals surface area contributed by atoms with Crippen molar-refractivity contribution in [3.05, 3.63) is 101 Å². The molecule has 2 fully saturated rings. The summed E-state index contributed by atoms with van der Waals surface area (Å²) in [6.07, 6.45) is 3.90. The molecule has 1 aliphatic carbocycles. The van der Waals surface area contributed by atoms with Crippen molar-refractivity contribution < 1.29 is 33.6 Å². The maximum atomic E-state index is 14.3. The van der Waals surface area contributed by atoms with Gasteiger partial charge in [-0.15, -0.1) is 0 Å². The molecule has 10 nitrogen and oxygen atoms in total. The Morgan fingerprint density at radius 1 is 0.940 bits per heavy atom. The van der Waals surface area contributed by atoms with E-state index in [1.165, 1.54) is 27.8 Å². The Kier molecular flexibility index (Phi) is 10.5. The zero-order chi connectivity index (χ0) is 34.5. The second-order valence-electron chi connectivity index (χ2n) is 13.4. The van der Waals surface area contributed by atoms with E-state index in [1.54, 1.807) is 0 Å². The van der Waals surface area contributed by atoms with E-state index in [0.29, 0.717) is 71.2 Å². The molecule has 7 rings (SSSR count). The summed E-state index contributed by atoms with van der Waals surface area (Å²) >= 11 is 0. The Hall–Kier alpha value is -4.22. The van der Waals surface area contributed by atoms with Gasteiger partial charge in [-0.1, -0.05) is 60.7 Å². The minimum Gasteiger partial charge on any atom is -0.459 e. The van der Waals surface area contributed by atoms with E-state index < -0.39 is 11.8 Å². The van der Waals surface area contributed by atoms with Crippen LogP contribution in [0.4, 0.5) is 5.69 Å². The lowest BCUT2D eigenvalue weighted by molar-refractivity contribution is -0.172. The number of carbonyl (C=O) groups excluding carboxylic acids is 2. The van der Waals surface area contributed by atoms with Crippen molar-refractivity contribution in [3.8, 4) is 11.1 Å². The Bertz CT molecular complexity index is 1690. The number of aliphatic hydroxyl groups excluding tert-OH is 1. The lowest BCUT2D eigenvalue weighted by Crippen LogP contribution is -2.57. The Morgan fingerprint density at radius 2 is 1.68 bits per heavy atom. The third kappa shape index (κ3) is 6.65. The number of nitrogens with one attached hydrogen (secondary N) is 1. The van der Waals surface area contributed by atoms with Crippen molar-refractivity contribution in [2.75, 3.05) is 64.3 Å². The van der Waals surface area contributed by atoms with Crippen LogP contribution in [0.1, 0.15) is 48.8 Å². The maximum Gasteiger partial charge on any atom is 0.288 e. The van der Waals surface area contributed by atoms with E-state index >= 15 is 0 Å². The molecular formula is C40H47N3O7. The van der Waals surface area contributed by atoms with Gasteiger partial charge in [0.25, 0.3) is 5.91 Å². The second-order valence-corrected chi connectivity index (χ2v) is 13.4. The van der Waals surface area contributed by atoms with Gasteiger partial charge in [0.05, 0.1) is 33.1 Å². The first-order chi connectivity index (χ1) is 24.5. The highest BCUT2D eigenvalue weighted by atomic mass is 16.7. The summed E-state index contributed by atoms with van der Waals surface area (Å²) in [4.78, 5) is 31.6. The third-order valence-electron chi connectivity index (χ3n) is 10.7. The van der Waals surface area contributed by atoms with Gasteiger partial charge in [0.15, 0.2) is 5.76 Å². The number of hydrogen-bond acceptors (Lipinski definition) is 8. The Labute approximate surface area is 294 Å². The summed E-state index contributed by atoms with van der Waals surface area (Å²) in [5.74, 6) is -0.120. The number of rotatable bonds is 13. The summed E-state index contributed by atoms with van der Waals surface area (Å²) in [7, 11) is 0. The largest absolute Gasteiger partial charge is 0.459 e. The number of benzene rings is 3. The Morgan fingerprint density at radius 3 is 2.46 bits per heavy atom. The molecule has 1 spiro atoms. The van der Waals surface area contributed by atoms with Gasteiger partial charge in [-0.05, 0) is 78.6 Å². The number of likely N-dealkylation sites (tertiary alicyclic amines) is 1. The quantitative estimate of drug-likeness (QED) is 0.197. The number of para-hydroxylation sites is 1. The minimum atomic E-state index is -0.690. The van der Waals surface area contributed by atoms with Crippen LogP contribution < -0.4 is 10.2 Å². The number of amides is 2. The monoisotopic (exact) mass is 681 g/mol. The summed E-state index contributed by atoms with van der Waals surface area (Å²) in [6, 6.07) is 25.0. The number of aliphatic hydroxyl groups is 1. The van der Waals surface area contributed by atoms with Crippen molar-refractivity contribution in [3.63, 3.8) is 0 Å². The molecule has 0 unspecified atom stereocenters. The molecule has 2 amide bonds. The van der Waals surface area contributed by atoms with Crippen LogP contribution in [-0.4, -0.2) is 93.0 Å². The Balaban J connectivity index is 1.15. The molecule has 4 aliphatic rings. The fourth-order valence-corrected chi connectivity index (χ4v) is 8.16. The summed E-state index contributed by atoms with van der Waals surface area (Å²) < 4.78 is 24.1. The highest BCUT2D eigenvalue weighted by Crippen LogP contribution is 2.46. The molecule has 0 aromatic heterocycles. The van der Waals surface area contributed by atoms with Crippen molar-refractivity contribution >= 4 is 17.5 Å². The highest BCUT2D eigenvalue weighted by Gasteiger charge is 2.51. The predicted molar refractivity (Wildman–Crippen MR) is 189 cm³/mol. The third-order valence-corrected chi connectivity index (χ3v) is 10.7. The normalized spacial score (nSPS) is 22.2. The SMILES string of the molecule is CCO[C@@H]1OC(C(=O)N2CCC3(CC2)C(=O)NCN3c2ccccc2)=C[C@H](c2cccc3c2Cc2ccccc2-3)[C@@H]1CCOCCOCCO. The van der Waals surface area contributed by atoms with E-state index in [2.05, 4.69) is 52.7 Å². The molecule has 3 atom stereocenters. The van der Waals surface area contributed by atoms with Crippen LogP contribution in [0.2, 0.25) is 0 Å². The molecule has 3 aromatic carbocycles. The van der Waals surface area contributed by atoms with Gasteiger partial charge in [0.2, 0.25) is 12.2 Å². The molecule has 0 saturated carbocycles. The van der Waals surface area contributed by atoms with Crippen LogP contribution in [0, 0.1) is 5.92 Å². The summed E-state index contributed by atoms with van der Waals surface area (Å²) in [5.41, 5.74) is 6.54. The van der Waals surface area contributed by atoms with Crippen LogP contribution >= 0.6 is 0 Å². The topological polar surface area (TPSA) is 110 Å². The van der Waals surface area contributed by atoms with Gasteiger partial charge in [-0.25, -0.2) is 0 Å². The predicted octanol–water partition coefficient (Wildman–Crippen LogP) is 4.61. The van der Waals surface area contributed by atoms with Gasteiger partial charge < -0.3 is 39.2 Å². The van der Waals surface area contributed by atoms with Gasteiger partial charge in [0, 0.05) is 43.8 Å². The first-order valence-corrected chi connectivity index (χ1v) is 17.9. The van der Waals surface area contributed by atoms with Crippen molar-refractivity contribution in [2.24, 2.45) is 5.92 Å². The van der Waals surface area contributed by atoms with Gasteiger partial charge in [-0.2, -0.15) is 0 Å². The molecule has 50 heavy (non-hydrogen) atoms. The molecule has 264 valence electrons. The molecule has 0 bridgehead atoms. The van der Waals surface area contributed by atoms with E-state index in [9.17, 15) is 9.59 Å². The van der Waals surface area contributed by atoms with Crippen molar-refractivity contribution in [1.29, 1.82) is 0 Å². The van der Waals surface area contributed by atoms with E-state index in [4.69, 9.17) is 24.1 Å². The average Bonchev–Trinajstić information content (AvgIpc) is 3.69. The average molecular weight is 682 g/mol. The van der Waals surface area contributed by atoms with Crippen LogP contribution in [0.3, 0.4) is 0 Å². The first-order valence-electron chi connectivity index (χ1n) is 17.9. The summed E-state index contributed by atoms with van der Waals surface area (Å²) in [5, 5.41) is 12.0. The number of piperidine rings is 1. The molecule has 3 aromatic rings. The van der Waals surface area contributed by atoms with Crippen LogP contribution in [0.5, 0.6) is 0 Å². The maximum absolute atomic E-state index is 14.3. The molecular weight excluding hydrogens is 634 g/mol. The number of allylic oxidation sites excluding steroid dienone is 1. The van der Waals surface area contributed by atoms with E-state index in [-0.39, 0.29) is 36.9 Å². The van der Waals surface area contributed by atoms with Crippen LogP contribution in [0.15, 0.2) is 84.6 Å².